The Kier molecular flexibility index (Phi) is 4.67. The molecule has 1 aromatic heterocycles. The third kappa shape index (κ3) is 2.97. The van der Waals surface area contributed by atoms with Crippen LogP contribution in [0.25, 0.3) is 10.9 Å². The average Bonchev–Trinajstić information content (AvgIpc) is 2.95. The summed E-state index contributed by atoms with van der Waals surface area (Å²) in [5.41, 5.74) is 6.38. The molecule has 0 unspecified atom stereocenters. The number of nitrogens with two attached hydrogens (primary N) is 1. The molecule has 0 saturated heterocycles. The van der Waals surface area contributed by atoms with Gasteiger partial charge in [-0.1, -0.05) is 29.3 Å². The molecule has 0 spiro atoms. The van der Waals surface area contributed by atoms with Gasteiger partial charge in [-0.05, 0) is 35.9 Å². The van der Waals surface area contributed by atoms with Gasteiger partial charge in [0.25, 0.3) is 10.0 Å². The molecule has 3 aromatic rings. The molecule has 0 atom stereocenters. The maximum atomic E-state index is 13.0. The van der Waals surface area contributed by atoms with Crippen molar-refractivity contribution in [2.45, 2.75) is 11.4 Å². The highest BCUT2D eigenvalue weighted by Crippen LogP contribution is 2.33. The molecule has 0 amide bonds. The zero-order valence-electron chi connectivity index (χ0n) is 12.6. The smallest absolute Gasteiger partial charge is 0.268 e. The zero-order chi connectivity index (χ0) is 18.4. The van der Waals surface area contributed by atoms with Gasteiger partial charge in [-0.3, -0.25) is 10.4 Å². The molecule has 10 heteroatoms. The molecule has 7 nitrogen and oxygen atoms in total. The second kappa shape index (κ2) is 6.49. The van der Waals surface area contributed by atoms with E-state index in [9.17, 15) is 18.8 Å². The normalized spacial score (nSPS) is 11.9. The molecule has 0 aliphatic rings. The first kappa shape index (κ1) is 18.0. The lowest BCUT2D eigenvalue weighted by Crippen LogP contribution is -2.15. The summed E-state index contributed by atoms with van der Waals surface area (Å²) in [5, 5.41) is 19.0. The van der Waals surface area contributed by atoms with Gasteiger partial charge in [0, 0.05) is 18.1 Å². The predicted octanol–water partition coefficient (Wildman–Crippen LogP) is 3.23. The summed E-state index contributed by atoms with van der Waals surface area (Å²) in [4.78, 5) is -0.180. The van der Waals surface area contributed by atoms with Gasteiger partial charge in [-0.25, -0.2) is 12.4 Å². The van der Waals surface area contributed by atoms with Crippen LogP contribution in [0.3, 0.4) is 0 Å². The fraction of sp³-hybridized carbons (Fsp3) is 0.0667. The lowest BCUT2D eigenvalue weighted by atomic mass is 10.2. The summed E-state index contributed by atoms with van der Waals surface area (Å²) in [6.07, 6.45) is 1.40. The Morgan fingerprint density at radius 2 is 1.84 bits per heavy atom. The van der Waals surface area contributed by atoms with E-state index in [-0.39, 0.29) is 27.4 Å². The number of fused-ring (bicyclic) bond motifs is 1. The Bertz CT molecular complexity index is 1060. The van der Waals surface area contributed by atoms with Crippen LogP contribution in [0.4, 0.5) is 5.69 Å². The molecule has 2 aromatic carbocycles. The van der Waals surface area contributed by atoms with E-state index in [1.165, 1.54) is 18.3 Å². The van der Waals surface area contributed by atoms with Gasteiger partial charge in [-0.2, -0.15) is 0 Å². The third-order valence-corrected chi connectivity index (χ3v) is 6.04. The van der Waals surface area contributed by atoms with E-state index in [1.807, 2.05) is 0 Å². The Morgan fingerprint density at radius 3 is 2.48 bits per heavy atom. The van der Waals surface area contributed by atoms with Crippen LogP contribution >= 0.6 is 23.2 Å². The van der Waals surface area contributed by atoms with Gasteiger partial charge in [0.05, 0.1) is 20.5 Å². The molecule has 0 fully saturated rings. The Labute approximate surface area is 153 Å². The minimum Gasteiger partial charge on any atom is -0.326 e. The quantitative estimate of drug-likeness (QED) is 0.579. The Balaban J connectivity index is 2.28. The van der Waals surface area contributed by atoms with Crippen molar-refractivity contribution in [2.24, 2.45) is 5.73 Å². The highest BCUT2D eigenvalue weighted by atomic mass is 35.5. The van der Waals surface area contributed by atoms with Crippen molar-refractivity contribution < 1.29 is 18.8 Å². The van der Waals surface area contributed by atoms with Gasteiger partial charge in [0.15, 0.2) is 0 Å². The first-order valence-corrected chi connectivity index (χ1v) is 9.18. The van der Waals surface area contributed by atoms with Crippen LogP contribution in [-0.2, 0) is 16.6 Å². The van der Waals surface area contributed by atoms with Crippen LogP contribution in [0.2, 0.25) is 10.0 Å². The standard InChI is InChI=1S/C15H13Cl2N3O4S/c16-11-5-4-10(6-14(11)20(21)22)25(23,24)19-8-9(7-18)15-12(17)2-1-3-13(15)19/h1-6,8,21-22H,7,18H2. The third-order valence-electron chi connectivity index (χ3n) is 3.73. The number of benzene rings is 2. The van der Waals surface area contributed by atoms with E-state index < -0.39 is 10.0 Å². The number of rotatable bonds is 4. The number of nitrogens with zero attached hydrogens (tertiary/aromatic N) is 2. The summed E-state index contributed by atoms with van der Waals surface area (Å²) in [6, 6.07) is 8.47. The molecule has 0 saturated carbocycles. The summed E-state index contributed by atoms with van der Waals surface area (Å²) >= 11 is 12.0. The number of hydrogen-bond acceptors (Lipinski definition) is 6. The SMILES string of the molecule is NCc1cn(S(=O)(=O)c2ccc(Cl)c(N(O)O)c2)c2cccc(Cl)c12. The van der Waals surface area contributed by atoms with E-state index in [4.69, 9.17) is 28.9 Å². The number of aromatic nitrogens is 1. The fourth-order valence-electron chi connectivity index (χ4n) is 2.56. The lowest BCUT2D eigenvalue weighted by molar-refractivity contribution is 0.0291. The predicted molar refractivity (Wildman–Crippen MR) is 94.9 cm³/mol. The monoisotopic (exact) mass is 401 g/mol. The molecule has 132 valence electrons. The van der Waals surface area contributed by atoms with Crippen molar-refractivity contribution in [3.63, 3.8) is 0 Å². The highest BCUT2D eigenvalue weighted by molar-refractivity contribution is 7.90. The first-order chi connectivity index (χ1) is 11.8. The van der Waals surface area contributed by atoms with Gasteiger partial charge in [0.2, 0.25) is 0 Å². The van der Waals surface area contributed by atoms with E-state index in [0.29, 0.717) is 21.5 Å². The van der Waals surface area contributed by atoms with E-state index >= 15 is 0 Å². The van der Waals surface area contributed by atoms with Crippen molar-refractivity contribution in [3.05, 3.63) is 58.2 Å². The molecular formula is C15H13Cl2N3O4S. The molecular weight excluding hydrogens is 389 g/mol. The molecule has 0 aliphatic heterocycles. The van der Waals surface area contributed by atoms with Gasteiger partial charge >= 0.3 is 0 Å². The van der Waals surface area contributed by atoms with Crippen LogP contribution in [0.5, 0.6) is 0 Å². The molecule has 0 radical (unpaired) electrons. The van der Waals surface area contributed by atoms with Gasteiger partial charge < -0.3 is 5.73 Å². The largest absolute Gasteiger partial charge is 0.326 e. The van der Waals surface area contributed by atoms with Gasteiger partial charge in [0.1, 0.15) is 5.69 Å². The van der Waals surface area contributed by atoms with E-state index in [0.717, 1.165) is 10.0 Å². The van der Waals surface area contributed by atoms with Crippen molar-refractivity contribution in [3.8, 4) is 0 Å². The first-order valence-electron chi connectivity index (χ1n) is 6.99. The van der Waals surface area contributed by atoms with Crippen molar-refractivity contribution in [1.29, 1.82) is 0 Å². The second-order valence-corrected chi connectivity index (χ2v) is 7.83. The number of hydrogen-bond donors (Lipinski definition) is 3. The van der Waals surface area contributed by atoms with Crippen molar-refractivity contribution in [2.75, 3.05) is 5.23 Å². The molecule has 3 rings (SSSR count). The summed E-state index contributed by atoms with van der Waals surface area (Å²) in [7, 11) is -4.05. The maximum Gasteiger partial charge on any atom is 0.268 e. The average molecular weight is 402 g/mol. The maximum absolute atomic E-state index is 13.0. The minimum absolute atomic E-state index is 0.0213. The second-order valence-electron chi connectivity index (χ2n) is 5.20. The topological polar surface area (TPSA) is 109 Å². The van der Waals surface area contributed by atoms with Crippen molar-refractivity contribution in [1.82, 2.24) is 3.97 Å². The van der Waals surface area contributed by atoms with Gasteiger partial charge in [-0.15, -0.1) is 5.23 Å². The Hall–Kier alpha value is -1.81. The fourth-order valence-corrected chi connectivity index (χ4v) is 4.45. The summed E-state index contributed by atoms with van der Waals surface area (Å²) < 4.78 is 27.1. The molecule has 0 aliphatic carbocycles. The number of halogens is 2. The minimum atomic E-state index is -4.05. The van der Waals surface area contributed by atoms with Crippen LogP contribution in [0.1, 0.15) is 5.56 Å². The zero-order valence-corrected chi connectivity index (χ0v) is 14.9. The van der Waals surface area contributed by atoms with Crippen LogP contribution < -0.4 is 11.0 Å². The molecule has 0 bridgehead atoms. The summed E-state index contributed by atoms with van der Waals surface area (Å²) in [6.45, 7) is 0.107. The van der Waals surface area contributed by atoms with Crippen LogP contribution in [0, 0.1) is 0 Å². The highest BCUT2D eigenvalue weighted by Gasteiger charge is 2.23. The van der Waals surface area contributed by atoms with E-state index in [2.05, 4.69) is 0 Å². The Morgan fingerprint density at radius 1 is 1.12 bits per heavy atom. The molecule has 4 N–H and O–H groups in total. The molecule has 1 heterocycles. The molecule has 25 heavy (non-hydrogen) atoms. The van der Waals surface area contributed by atoms with Crippen molar-refractivity contribution >= 4 is 49.8 Å². The summed E-state index contributed by atoms with van der Waals surface area (Å²) in [5.74, 6) is 0. The van der Waals surface area contributed by atoms with E-state index in [1.54, 1.807) is 18.2 Å². The lowest BCUT2D eigenvalue weighted by Gasteiger charge is -2.13. The van der Waals surface area contributed by atoms with Crippen LogP contribution in [-0.4, -0.2) is 22.8 Å². The number of anilines is 1. The van der Waals surface area contributed by atoms with Crippen LogP contribution in [0.15, 0.2) is 47.5 Å².